The molecule has 0 aromatic heterocycles. The smallest absolute Gasteiger partial charge is 0.297 e. The van der Waals surface area contributed by atoms with Crippen molar-refractivity contribution >= 4 is 17.5 Å². The van der Waals surface area contributed by atoms with Crippen molar-refractivity contribution in [2.75, 3.05) is 31.1 Å². The van der Waals surface area contributed by atoms with Crippen molar-refractivity contribution in [2.24, 2.45) is 0 Å². The fourth-order valence-corrected chi connectivity index (χ4v) is 4.14. The summed E-state index contributed by atoms with van der Waals surface area (Å²) in [7, 11) is 0. The van der Waals surface area contributed by atoms with Gasteiger partial charge in [0.1, 0.15) is 0 Å². The Balaban J connectivity index is 1.44. The number of para-hydroxylation sites is 1. The highest BCUT2D eigenvalue weighted by atomic mass is 19.4. The van der Waals surface area contributed by atoms with E-state index in [1.54, 1.807) is 0 Å². The second-order valence-electron chi connectivity index (χ2n) is 7.60. The number of amides is 2. The van der Waals surface area contributed by atoms with Gasteiger partial charge in [0.25, 0.3) is 5.91 Å². The van der Waals surface area contributed by atoms with Crippen LogP contribution in [0.3, 0.4) is 0 Å². The summed E-state index contributed by atoms with van der Waals surface area (Å²) in [5.41, 5.74) is -0.154. The van der Waals surface area contributed by atoms with Gasteiger partial charge in [-0.05, 0) is 17.7 Å². The van der Waals surface area contributed by atoms with E-state index in [-0.39, 0.29) is 12.1 Å². The first-order chi connectivity index (χ1) is 14.3. The monoisotopic (exact) mass is 417 g/mol. The van der Waals surface area contributed by atoms with Gasteiger partial charge in [0.2, 0.25) is 5.91 Å². The third-order valence-electron chi connectivity index (χ3n) is 5.67. The molecule has 1 atom stereocenters. The van der Waals surface area contributed by atoms with E-state index in [0.717, 1.165) is 25.7 Å². The lowest BCUT2D eigenvalue weighted by atomic mass is 10.1. The van der Waals surface area contributed by atoms with Gasteiger partial charge in [0, 0.05) is 32.7 Å². The number of piperazine rings is 1. The molecule has 8 heteroatoms. The molecule has 0 radical (unpaired) electrons. The predicted octanol–water partition coefficient (Wildman–Crippen LogP) is 3.16. The van der Waals surface area contributed by atoms with E-state index in [9.17, 15) is 22.8 Å². The van der Waals surface area contributed by atoms with E-state index in [4.69, 9.17) is 0 Å². The van der Waals surface area contributed by atoms with Crippen LogP contribution in [0.5, 0.6) is 0 Å². The minimum Gasteiger partial charge on any atom is -0.297 e. The third kappa shape index (κ3) is 4.11. The molecule has 5 nitrogen and oxygen atoms in total. The summed E-state index contributed by atoms with van der Waals surface area (Å²) < 4.78 is 40.1. The van der Waals surface area contributed by atoms with E-state index in [2.05, 4.69) is 17.0 Å². The van der Waals surface area contributed by atoms with Crippen LogP contribution in [0.4, 0.5) is 18.9 Å². The zero-order chi connectivity index (χ0) is 21.3. The van der Waals surface area contributed by atoms with Crippen LogP contribution in [-0.2, 0) is 22.3 Å². The standard InChI is InChI=1S/C22H22F3N3O2/c23-22(24,25)17-8-4-5-9-18(17)28-20(29)14-19(21(28)30)27-12-10-26(11-13-27)15-16-6-2-1-3-7-16/h1-9,19H,10-15H2/t19-/m1/s1. The number of hydrogen-bond acceptors (Lipinski definition) is 4. The molecule has 0 aliphatic carbocycles. The number of imide groups is 1. The van der Waals surface area contributed by atoms with Crippen molar-refractivity contribution in [3.8, 4) is 0 Å². The summed E-state index contributed by atoms with van der Waals surface area (Å²) in [5.74, 6) is -1.17. The number of carbonyl (C=O) groups excluding carboxylic acids is 2. The van der Waals surface area contributed by atoms with E-state index in [1.165, 1.54) is 23.8 Å². The van der Waals surface area contributed by atoms with Crippen LogP contribution in [-0.4, -0.2) is 53.8 Å². The van der Waals surface area contributed by atoms with Crippen LogP contribution < -0.4 is 4.90 Å². The van der Waals surface area contributed by atoms with Crippen molar-refractivity contribution in [2.45, 2.75) is 25.2 Å². The molecular weight excluding hydrogens is 395 g/mol. The molecule has 158 valence electrons. The average Bonchev–Trinajstić information content (AvgIpc) is 3.03. The molecular formula is C22H22F3N3O2. The fraction of sp³-hybridized carbons (Fsp3) is 0.364. The molecule has 2 fully saturated rings. The Morgan fingerprint density at radius 1 is 0.867 bits per heavy atom. The summed E-state index contributed by atoms with van der Waals surface area (Å²) in [6.07, 6.45) is -4.73. The fourth-order valence-electron chi connectivity index (χ4n) is 4.14. The summed E-state index contributed by atoms with van der Waals surface area (Å²) in [6.45, 7) is 3.44. The number of halogens is 3. The summed E-state index contributed by atoms with van der Waals surface area (Å²) in [5, 5.41) is 0. The summed E-state index contributed by atoms with van der Waals surface area (Å²) >= 11 is 0. The quantitative estimate of drug-likeness (QED) is 0.717. The summed E-state index contributed by atoms with van der Waals surface area (Å²) in [6, 6.07) is 14.1. The van der Waals surface area contributed by atoms with E-state index < -0.39 is 29.6 Å². The van der Waals surface area contributed by atoms with Gasteiger partial charge in [0.15, 0.2) is 0 Å². The van der Waals surface area contributed by atoms with Gasteiger partial charge < -0.3 is 0 Å². The Hall–Kier alpha value is -2.71. The first-order valence-corrected chi connectivity index (χ1v) is 9.88. The molecule has 0 N–H and O–H groups in total. The van der Waals surface area contributed by atoms with Gasteiger partial charge in [-0.25, -0.2) is 4.90 Å². The normalized spacial score (nSPS) is 21.4. The van der Waals surface area contributed by atoms with E-state index in [0.29, 0.717) is 18.0 Å². The Labute approximate surface area is 172 Å². The van der Waals surface area contributed by atoms with E-state index in [1.807, 2.05) is 23.1 Å². The Morgan fingerprint density at radius 2 is 1.50 bits per heavy atom. The van der Waals surface area contributed by atoms with Crippen molar-refractivity contribution in [1.29, 1.82) is 0 Å². The topological polar surface area (TPSA) is 43.9 Å². The number of carbonyl (C=O) groups is 2. The first kappa shape index (κ1) is 20.6. The lowest BCUT2D eigenvalue weighted by Gasteiger charge is -2.37. The van der Waals surface area contributed by atoms with Gasteiger partial charge in [-0.2, -0.15) is 13.2 Å². The highest BCUT2D eigenvalue weighted by molar-refractivity contribution is 6.22. The van der Waals surface area contributed by atoms with Gasteiger partial charge in [0.05, 0.1) is 23.7 Å². The van der Waals surface area contributed by atoms with Crippen LogP contribution in [0.15, 0.2) is 54.6 Å². The Bertz CT molecular complexity index is 925. The SMILES string of the molecule is O=C1C[C@@H](N2CCN(Cc3ccccc3)CC2)C(=O)N1c1ccccc1C(F)(F)F. The van der Waals surface area contributed by atoms with Gasteiger partial charge in [-0.3, -0.25) is 19.4 Å². The van der Waals surface area contributed by atoms with Crippen LogP contribution in [0.2, 0.25) is 0 Å². The first-order valence-electron chi connectivity index (χ1n) is 9.88. The predicted molar refractivity (Wildman–Crippen MR) is 106 cm³/mol. The van der Waals surface area contributed by atoms with Crippen LogP contribution in [0.1, 0.15) is 17.5 Å². The third-order valence-corrected chi connectivity index (χ3v) is 5.67. The van der Waals surface area contributed by atoms with Crippen molar-refractivity contribution < 1.29 is 22.8 Å². The highest BCUT2D eigenvalue weighted by Gasteiger charge is 2.46. The molecule has 0 spiro atoms. The van der Waals surface area contributed by atoms with Crippen LogP contribution in [0.25, 0.3) is 0 Å². The van der Waals surface area contributed by atoms with Crippen molar-refractivity contribution in [3.05, 3.63) is 65.7 Å². The Kier molecular flexibility index (Phi) is 5.62. The van der Waals surface area contributed by atoms with Crippen molar-refractivity contribution in [1.82, 2.24) is 9.80 Å². The maximum absolute atomic E-state index is 13.4. The number of anilines is 1. The molecule has 2 heterocycles. The number of rotatable bonds is 4. The molecule has 0 unspecified atom stereocenters. The van der Waals surface area contributed by atoms with E-state index >= 15 is 0 Å². The number of alkyl halides is 3. The highest BCUT2D eigenvalue weighted by Crippen LogP contribution is 2.38. The summed E-state index contributed by atoms with van der Waals surface area (Å²) in [4.78, 5) is 30.4. The second-order valence-corrected chi connectivity index (χ2v) is 7.60. The van der Waals surface area contributed by atoms with Gasteiger partial charge >= 0.3 is 6.18 Å². The maximum Gasteiger partial charge on any atom is 0.418 e. The molecule has 2 aliphatic heterocycles. The molecule has 0 saturated carbocycles. The number of hydrogen-bond donors (Lipinski definition) is 0. The molecule has 2 aliphatic rings. The number of benzene rings is 2. The lowest BCUT2D eigenvalue weighted by Crippen LogP contribution is -2.52. The van der Waals surface area contributed by atoms with Crippen LogP contribution >= 0.6 is 0 Å². The average molecular weight is 417 g/mol. The maximum atomic E-state index is 13.4. The molecule has 0 bridgehead atoms. The molecule has 30 heavy (non-hydrogen) atoms. The molecule has 2 aromatic carbocycles. The zero-order valence-electron chi connectivity index (χ0n) is 16.3. The lowest BCUT2D eigenvalue weighted by molar-refractivity contribution is -0.137. The number of nitrogens with zero attached hydrogens (tertiary/aromatic N) is 3. The van der Waals surface area contributed by atoms with Gasteiger partial charge in [-0.1, -0.05) is 42.5 Å². The molecule has 2 amide bonds. The zero-order valence-corrected chi connectivity index (χ0v) is 16.3. The van der Waals surface area contributed by atoms with Crippen LogP contribution in [0, 0.1) is 0 Å². The van der Waals surface area contributed by atoms with Gasteiger partial charge in [-0.15, -0.1) is 0 Å². The largest absolute Gasteiger partial charge is 0.418 e. The minimum absolute atomic E-state index is 0.0935. The minimum atomic E-state index is -4.64. The molecule has 2 aromatic rings. The van der Waals surface area contributed by atoms with Crippen molar-refractivity contribution in [3.63, 3.8) is 0 Å². The Morgan fingerprint density at radius 3 is 2.17 bits per heavy atom. The molecule has 2 saturated heterocycles. The molecule has 4 rings (SSSR count). The second kappa shape index (κ2) is 8.20.